The number of phenols is 1. The van der Waals surface area contributed by atoms with Crippen molar-refractivity contribution in [1.82, 2.24) is 19.9 Å². The molecular formula is C25H25F3N4O2. The molecule has 0 saturated carbocycles. The second-order valence-electron chi connectivity index (χ2n) is 9.28. The quantitative estimate of drug-likeness (QED) is 0.358. The van der Waals surface area contributed by atoms with Crippen molar-refractivity contribution in [3.63, 3.8) is 0 Å². The van der Waals surface area contributed by atoms with E-state index in [0.717, 1.165) is 0 Å². The normalized spacial score (nSPS) is 14.3. The van der Waals surface area contributed by atoms with Crippen LogP contribution in [0, 0.1) is 6.92 Å². The third kappa shape index (κ3) is 4.48. The molecule has 4 aromatic rings. The Bertz CT molecular complexity index is 1320. The number of H-pyrrole nitrogens is 1. The Morgan fingerprint density at radius 3 is 2.35 bits per heavy atom. The second kappa shape index (κ2) is 8.39. The van der Waals surface area contributed by atoms with E-state index in [1.807, 2.05) is 0 Å². The lowest BCUT2D eigenvalue weighted by Gasteiger charge is -2.38. The van der Waals surface area contributed by atoms with Gasteiger partial charge in [0.05, 0.1) is 0 Å². The number of aromatic hydroxyl groups is 1. The van der Waals surface area contributed by atoms with Gasteiger partial charge in [0.2, 0.25) is 0 Å². The van der Waals surface area contributed by atoms with Gasteiger partial charge in [-0.2, -0.15) is 13.2 Å². The summed E-state index contributed by atoms with van der Waals surface area (Å²) in [4.78, 5) is 15.1. The van der Waals surface area contributed by atoms with Crippen molar-refractivity contribution in [3.05, 3.63) is 72.2 Å². The highest BCUT2D eigenvalue weighted by molar-refractivity contribution is 5.82. The van der Waals surface area contributed by atoms with Crippen LogP contribution in [0.15, 0.2) is 55.2 Å². The Labute approximate surface area is 194 Å². The molecule has 0 aliphatic carbocycles. The van der Waals surface area contributed by atoms with Crippen LogP contribution < -0.4 is 0 Å². The number of nitrogens with zero attached hydrogens (tertiary/aromatic N) is 3. The summed E-state index contributed by atoms with van der Waals surface area (Å²) < 4.78 is 42.8. The number of aliphatic hydroxyl groups is 1. The third-order valence-electron chi connectivity index (χ3n) is 6.17. The smallest absolute Gasteiger partial charge is 0.417 e. The van der Waals surface area contributed by atoms with Crippen LogP contribution in [0.25, 0.3) is 22.0 Å². The number of phenolic OH excluding ortho intramolecular Hbond substituents is 1. The summed E-state index contributed by atoms with van der Waals surface area (Å²) in [6.45, 7) is 4.92. The highest BCUT2D eigenvalue weighted by Gasteiger charge is 2.56. The standard InChI is InChI=1S/C25H25F3N4O2/c1-15-19-9-18(32-21(19)6-7-31-15)10-24(34,25(26,27)28)13-23(2,3)20-8-16(4-5-22(20)33)17-11-29-14-30-12-17/h4-9,11-12,14,32-34H,10,13H2,1-3H3. The van der Waals surface area contributed by atoms with Crippen molar-refractivity contribution in [2.75, 3.05) is 0 Å². The van der Waals surface area contributed by atoms with Gasteiger partial charge in [0.25, 0.3) is 0 Å². The molecule has 0 bridgehead atoms. The van der Waals surface area contributed by atoms with Crippen molar-refractivity contribution >= 4 is 10.9 Å². The van der Waals surface area contributed by atoms with Gasteiger partial charge >= 0.3 is 6.18 Å². The summed E-state index contributed by atoms with van der Waals surface area (Å²) in [7, 11) is 0. The fraction of sp³-hybridized carbons (Fsp3) is 0.320. The van der Waals surface area contributed by atoms with Crippen LogP contribution in [0.2, 0.25) is 0 Å². The Morgan fingerprint density at radius 1 is 1.00 bits per heavy atom. The van der Waals surface area contributed by atoms with Gasteiger partial charge < -0.3 is 15.2 Å². The molecule has 0 radical (unpaired) electrons. The molecule has 0 aliphatic rings. The molecule has 4 rings (SSSR count). The first-order valence-corrected chi connectivity index (χ1v) is 10.7. The van der Waals surface area contributed by atoms with Gasteiger partial charge in [-0.1, -0.05) is 19.9 Å². The fourth-order valence-corrected chi connectivity index (χ4v) is 4.46. The minimum Gasteiger partial charge on any atom is -0.508 e. The number of pyridine rings is 1. The number of halogens is 3. The molecule has 0 amide bonds. The van der Waals surface area contributed by atoms with E-state index in [9.17, 15) is 23.4 Å². The monoisotopic (exact) mass is 470 g/mol. The summed E-state index contributed by atoms with van der Waals surface area (Å²) in [6, 6.07) is 7.96. The molecule has 1 unspecified atom stereocenters. The van der Waals surface area contributed by atoms with E-state index < -0.39 is 30.0 Å². The zero-order valence-corrected chi connectivity index (χ0v) is 19.0. The molecule has 9 heteroatoms. The van der Waals surface area contributed by atoms with Gasteiger partial charge in [-0.25, -0.2) is 9.97 Å². The lowest BCUT2D eigenvalue weighted by molar-refractivity contribution is -0.266. The maximum Gasteiger partial charge on any atom is 0.417 e. The van der Waals surface area contributed by atoms with Crippen LogP contribution in [0.1, 0.15) is 37.2 Å². The molecule has 0 aliphatic heterocycles. The van der Waals surface area contributed by atoms with Gasteiger partial charge in [0.1, 0.15) is 12.1 Å². The Kier molecular flexibility index (Phi) is 5.85. The number of hydrogen-bond donors (Lipinski definition) is 3. The maximum atomic E-state index is 14.3. The summed E-state index contributed by atoms with van der Waals surface area (Å²) in [5.74, 6) is -0.151. The average molecular weight is 470 g/mol. The summed E-state index contributed by atoms with van der Waals surface area (Å²) in [5, 5.41) is 22.2. The Balaban J connectivity index is 1.71. The largest absolute Gasteiger partial charge is 0.508 e. The molecule has 6 nitrogen and oxygen atoms in total. The van der Waals surface area contributed by atoms with Crippen molar-refractivity contribution in [1.29, 1.82) is 0 Å². The van der Waals surface area contributed by atoms with E-state index in [0.29, 0.717) is 27.7 Å². The van der Waals surface area contributed by atoms with Crippen molar-refractivity contribution in [3.8, 4) is 16.9 Å². The Morgan fingerprint density at radius 2 is 1.71 bits per heavy atom. The highest BCUT2D eigenvalue weighted by Crippen LogP contribution is 2.45. The molecule has 34 heavy (non-hydrogen) atoms. The summed E-state index contributed by atoms with van der Waals surface area (Å²) >= 11 is 0. The van der Waals surface area contributed by atoms with Crippen LogP contribution in [0.3, 0.4) is 0 Å². The van der Waals surface area contributed by atoms with Crippen LogP contribution >= 0.6 is 0 Å². The number of aromatic nitrogens is 4. The van der Waals surface area contributed by atoms with E-state index in [1.54, 1.807) is 63.6 Å². The lowest BCUT2D eigenvalue weighted by Crippen LogP contribution is -2.50. The van der Waals surface area contributed by atoms with Crippen molar-refractivity contribution in [2.24, 2.45) is 0 Å². The molecule has 3 N–H and O–H groups in total. The second-order valence-corrected chi connectivity index (χ2v) is 9.28. The highest BCUT2D eigenvalue weighted by atomic mass is 19.4. The van der Waals surface area contributed by atoms with Crippen LogP contribution in [-0.2, 0) is 11.8 Å². The summed E-state index contributed by atoms with van der Waals surface area (Å²) in [6.07, 6.45) is -0.136. The number of aromatic amines is 1. The topological polar surface area (TPSA) is 94.9 Å². The molecule has 1 atom stereocenters. The number of nitrogens with one attached hydrogen (secondary N) is 1. The van der Waals surface area contributed by atoms with Crippen LogP contribution in [0.4, 0.5) is 13.2 Å². The predicted octanol–water partition coefficient (Wildman–Crippen LogP) is 5.24. The lowest BCUT2D eigenvalue weighted by atomic mass is 9.72. The minimum absolute atomic E-state index is 0.151. The van der Waals surface area contributed by atoms with E-state index in [4.69, 9.17) is 0 Å². The molecule has 3 aromatic heterocycles. The number of alkyl halides is 3. The molecule has 3 heterocycles. The number of fused-ring (bicyclic) bond motifs is 1. The number of rotatable bonds is 6. The number of benzene rings is 1. The van der Waals surface area contributed by atoms with E-state index in [-0.39, 0.29) is 17.0 Å². The van der Waals surface area contributed by atoms with Crippen molar-refractivity contribution < 1.29 is 23.4 Å². The molecule has 178 valence electrons. The zero-order chi connectivity index (χ0) is 24.7. The van der Waals surface area contributed by atoms with E-state index in [1.165, 1.54) is 12.4 Å². The van der Waals surface area contributed by atoms with Gasteiger partial charge in [-0.15, -0.1) is 0 Å². The van der Waals surface area contributed by atoms with Gasteiger partial charge in [0, 0.05) is 58.4 Å². The molecule has 1 aromatic carbocycles. The van der Waals surface area contributed by atoms with E-state index in [2.05, 4.69) is 19.9 Å². The van der Waals surface area contributed by atoms with Gasteiger partial charge in [-0.05, 0) is 48.6 Å². The van der Waals surface area contributed by atoms with Gasteiger partial charge in [0.15, 0.2) is 5.60 Å². The average Bonchev–Trinajstić information content (AvgIpc) is 3.17. The number of hydrogen-bond acceptors (Lipinski definition) is 5. The van der Waals surface area contributed by atoms with Gasteiger partial charge in [-0.3, -0.25) is 4.98 Å². The minimum atomic E-state index is -4.91. The maximum absolute atomic E-state index is 14.3. The molecule has 0 fully saturated rings. The van der Waals surface area contributed by atoms with Crippen molar-refractivity contribution in [2.45, 2.75) is 50.8 Å². The third-order valence-corrected chi connectivity index (χ3v) is 6.17. The first-order valence-electron chi connectivity index (χ1n) is 10.7. The Hall–Kier alpha value is -3.46. The first-order chi connectivity index (χ1) is 15.9. The SMILES string of the molecule is Cc1nccc2[nH]c(CC(O)(CC(C)(C)c3cc(-c4cncnc4)ccc3O)C(F)(F)F)cc12. The zero-order valence-electron chi connectivity index (χ0n) is 19.0. The van der Waals surface area contributed by atoms with Crippen LogP contribution in [0.5, 0.6) is 5.75 Å². The van der Waals surface area contributed by atoms with E-state index >= 15 is 0 Å². The molecule has 0 spiro atoms. The predicted molar refractivity (Wildman–Crippen MR) is 122 cm³/mol. The molecular weight excluding hydrogens is 445 g/mol. The molecule has 0 saturated heterocycles. The first kappa shape index (κ1) is 23.7. The van der Waals surface area contributed by atoms with Crippen LogP contribution in [-0.4, -0.2) is 41.9 Å². The summed E-state index contributed by atoms with van der Waals surface area (Å²) in [5.41, 5.74) is -1.09. The fourth-order valence-electron chi connectivity index (χ4n) is 4.46. The number of aryl methyl sites for hydroxylation is 1.